The zero-order chi connectivity index (χ0) is 23.0. The molecule has 1 N–H and O–H groups in total. The summed E-state index contributed by atoms with van der Waals surface area (Å²) in [5, 5.41) is 7.68. The topological polar surface area (TPSA) is 56.1 Å². The molecule has 0 aliphatic rings. The molecule has 33 heavy (non-hydrogen) atoms. The third kappa shape index (κ3) is 5.86. The van der Waals surface area contributed by atoms with Crippen LogP contribution in [0, 0.1) is 5.82 Å². The Morgan fingerprint density at radius 1 is 1.00 bits per heavy atom. The maximum absolute atomic E-state index is 13.5. The Morgan fingerprint density at radius 3 is 2.55 bits per heavy atom. The van der Waals surface area contributed by atoms with E-state index in [-0.39, 0.29) is 11.7 Å². The molecule has 1 aromatic heterocycles. The van der Waals surface area contributed by atoms with Gasteiger partial charge in [0.05, 0.1) is 23.7 Å². The molecule has 0 atom stereocenters. The number of halogens is 1. The Bertz CT molecular complexity index is 1200. The molecule has 0 bridgehead atoms. The number of amides is 1. The maximum atomic E-state index is 13.5. The second-order valence-electron chi connectivity index (χ2n) is 7.63. The standard InChI is InChI=1S/C27H26FN3O2/c1-2-33-25-10-6-9-21(17-25)26-18-23(30-31(26)24-14-11-22(28)12-15-24)13-16-27(32)29-19-20-7-4-3-5-8-20/h3-12,14-15,17-18H,2,13,16,19H2,1H3,(H,29,32). The van der Waals surface area contributed by atoms with Crippen LogP contribution in [0.3, 0.4) is 0 Å². The van der Waals surface area contributed by atoms with Crippen LogP contribution in [0.15, 0.2) is 84.9 Å². The number of carbonyl (C=O) groups is 1. The quantitative estimate of drug-likeness (QED) is 0.381. The first-order chi connectivity index (χ1) is 16.1. The van der Waals surface area contributed by atoms with Gasteiger partial charge in [-0.25, -0.2) is 9.07 Å². The van der Waals surface area contributed by atoms with Crippen LogP contribution in [-0.2, 0) is 17.8 Å². The summed E-state index contributed by atoms with van der Waals surface area (Å²) in [4.78, 5) is 12.4. The van der Waals surface area contributed by atoms with Crippen molar-refractivity contribution in [1.82, 2.24) is 15.1 Å². The van der Waals surface area contributed by atoms with Gasteiger partial charge in [0, 0.05) is 24.9 Å². The predicted octanol–water partition coefficient (Wildman–Crippen LogP) is 5.33. The average molecular weight is 444 g/mol. The Morgan fingerprint density at radius 2 is 1.79 bits per heavy atom. The highest BCUT2D eigenvalue weighted by Crippen LogP contribution is 2.28. The van der Waals surface area contributed by atoms with E-state index in [0.29, 0.717) is 26.0 Å². The highest BCUT2D eigenvalue weighted by atomic mass is 19.1. The molecule has 0 fully saturated rings. The van der Waals surface area contributed by atoms with Crippen molar-refractivity contribution in [3.63, 3.8) is 0 Å². The molecule has 0 aliphatic carbocycles. The van der Waals surface area contributed by atoms with Crippen molar-refractivity contribution in [2.75, 3.05) is 6.61 Å². The van der Waals surface area contributed by atoms with E-state index in [0.717, 1.165) is 34.0 Å². The summed E-state index contributed by atoms with van der Waals surface area (Å²) in [5.41, 5.74) is 4.36. The fourth-order valence-corrected chi connectivity index (χ4v) is 3.58. The normalized spacial score (nSPS) is 10.7. The Balaban J connectivity index is 1.53. The van der Waals surface area contributed by atoms with Crippen LogP contribution in [0.4, 0.5) is 4.39 Å². The van der Waals surface area contributed by atoms with Gasteiger partial charge in [-0.1, -0.05) is 42.5 Å². The monoisotopic (exact) mass is 443 g/mol. The second-order valence-corrected chi connectivity index (χ2v) is 7.63. The molecule has 0 radical (unpaired) electrons. The number of hydrogen-bond acceptors (Lipinski definition) is 3. The highest BCUT2D eigenvalue weighted by molar-refractivity contribution is 5.76. The van der Waals surface area contributed by atoms with Crippen LogP contribution in [-0.4, -0.2) is 22.3 Å². The molecule has 0 unspecified atom stereocenters. The number of nitrogens with one attached hydrogen (secondary N) is 1. The molecule has 0 saturated carbocycles. The van der Waals surface area contributed by atoms with E-state index in [2.05, 4.69) is 5.32 Å². The second kappa shape index (κ2) is 10.6. The summed E-state index contributed by atoms with van der Waals surface area (Å²) >= 11 is 0. The lowest BCUT2D eigenvalue weighted by Gasteiger charge is -2.09. The molecule has 4 aromatic rings. The van der Waals surface area contributed by atoms with Gasteiger partial charge in [-0.2, -0.15) is 5.10 Å². The molecule has 3 aromatic carbocycles. The molecule has 6 heteroatoms. The lowest BCUT2D eigenvalue weighted by molar-refractivity contribution is -0.121. The van der Waals surface area contributed by atoms with Gasteiger partial charge >= 0.3 is 0 Å². The van der Waals surface area contributed by atoms with Gasteiger partial charge in [0.1, 0.15) is 11.6 Å². The van der Waals surface area contributed by atoms with Crippen LogP contribution < -0.4 is 10.1 Å². The van der Waals surface area contributed by atoms with E-state index < -0.39 is 0 Å². The van der Waals surface area contributed by atoms with Crippen molar-refractivity contribution < 1.29 is 13.9 Å². The van der Waals surface area contributed by atoms with Gasteiger partial charge in [0.25, 0.3) is 0 Å². The summed E-state index contributed by atoms with van der Waals surface area (Å²) < 4.78 is 20.9. The maximum Gasteiger partial charge on any atom is 0.220 e. The zero-order valence-corrected chi connectivity index (χ0v) is 18.5. The van der Waals surface area contributed by atoms with Crippen molar-refractivity contribution in [3.05, 3.63) is 102 Å². The molecule has 1 heterocycles. The Hall–Kier alpha value is -3.93. The van der Waals surface area contributed by atoms with Crippen LogP contribution in [0.5, 0.6) is 5.75 Å². The minimum absolute atomic E-state index is 0.0323. The minimum atomic E-state index is -0.305. The Labute approximate surface area is 192 Å². The number of ether oxygens (including phenoxy) is 1. The van der Waals surface area contributed by atoms with E-state index in [1.165, 1.54) is 12.1 Å². The molecular formula is C27H26FN3O2. The SMILES string of the molecule is CCOc1cccc(-c2cc(CCC(=O)NCc3ccccc3)nn2-c2ccc(F)cc2)c1. The van der Waals surface area contributed by atoms with E-state index in [1.54, 1.807) is 16.8 Å². The van der Waals surface area contributed by atoms with Crippen molar-refractivity contribution in [2.24, 2.45) is 0 Å². The molecule has 5 nitrogen and oxygen atoms in total. The number of benzene rings is 3. The van der Waals surface area contributed by atoms with E-state index in [1.807, 2.05) is 67.6 Å². The number of aryl methyl sites for hydroxylation is 1. The lowest BCUT2D eigenvalue weighted by atomic mass is 10.1. The third-order valence-corrected chi connectivity index (χ3v) is 5.21. The first-order valence-electron chi connectivity index (χ1n) is 11.0. The summed E-state index contributed by atoms with van der Waals surface area (Å²) in [5.74, 6) is 0.430. The van der Waals surface area contributed by atoms with E-state index in [9.17, 15) is 9.18 Å². The van der Waals surface area contributed by atoms with Gasteiger partial charge in [0.2, 0.25) is 5.91 Å². The van der Waals surface area contributed by atoms with Crippen molar-refractivity contribution in [3.8, 4) is 22.7 Å². The molecular weight excluding hydrogens is 417 g/mol. The van der Waals surface area contributed by atoms with E-state index in [4.69, 9.17) is 9.84 Å². The average Bonchev–Trinajstić information content (AvgIpc) is 3.27. The highest BCUT2D eigenvalue weighted by Gasteiger charge is 2.14. The summed E-state index contributed by atoms with van der Waals surface area (Å²) in [7, 11) is 0. The van der Waals surface area contributed by atoms with Gasteiger partial charge in [-0.05, 0) is 55.0 Å². The van der Waals surface area contributed by atoms with Crippen LogP contribution in [0.2, 0.25) is 0 Å². The van der Waals surface area contributed by atoms with Crippen molar-refractivity contribution >= 4 is 5.91 Å². The fraction of sp³-hybridized carbons (Fsp3) is 0.185. The number of aromatic nitrogens is 2. The molecule has 0 spiro atoms. The smallest absolute Gasteiger partial charge is 0.220 e. The molecule has 4 rings (SSSR count). The van der Waals surface area contributed by atoms with Gasteiger partial charge in [-0.15, -0.1) is 0 Å². The predicted molar refractivity (Wildman–Crippen MR) is 127 cm³/mol. The first-order valence-corrected chi connectivity index (χ1v) is 11.0. The number of nitrogens with zero attached hydrogens (tertiary/aromatic N) is 2. The molecule has 0 aliphatic heterocycles. The van der Waals surface area contributed by atoms with Gasteiger partial charge in [0.15, 0.2) is 0 Å². The van der Waals surface area contributed by atoms with Crippen molar-refractivity contribution in [1.29, 1.82) is 0 Å². The summed E-state index contributed by atoms with van der Waals surface area (Å²) in [6.07, 6.45) is 0.818. The van der Waals surface area contributed by atoms with Crippen LogP contribution >= 0.6 is 0 Å². The third-order valence-electron chi connectivity index (χ3n) is 5.21. The first kappa shape index (κ1) is 22.3. The zero-order valence-electron chi connectivity index (χ0n) is 18.5. The van der Waals surface area contributed by atoms with Crippen LogP contribution in [0.25, 0.3) is 16.9 Å². The molecule has 1 amide bonds. The number of carbonyl (C=O) groups excluding carboxylic acids is 1. The van der Waals surface area contributed by atoms with Gasteiger partial charge < -0.3 is 10.1 Å². The summed E-state index contributed by atoms with van der Waals surface area (Å²) in [6.45, 7) is 3.01. The largest absolute Gasteiger partial charge is 0.494 e. The van der Waals surface area contributed by atoms with E-state index >= 15 is 0 Å². The van der Waals surface area contributed by atoms with Gasteiger partial charge in [-0.3, -0.25) is 4.79 Å². The summed E-state index contributed by atoms with van der Waals surface area (Å²) in [6, 6.07) is 25.8. The molecule has 0 saturated heterocycles. The Kier molecular flexibility index (Phi) is 7.15. The number of hydrogen-bond donors (Lipinski definition) is 1. The van der Waals surface area contributed by atoms with Crippen molar-refractivity contribution in [2.45, 2.75) is 26.3 Å². The number of rotatable bonds is 9. The molecule has 168 valence electrons. The lowest BCUT2D eigenvalue weighted by Crippen LogP contribution is -2.23. The van der Waals surface area contributed by atoms with Crippen LogP contribution in [0.1, 0.15) is 24.6 Å². The fourth-order valence-electron chi connectivity index (χ4n) is 3.58. The minimum Gasteiger partial charge on any atom is -0.494 e.